The van der Waals surface area contributed by atoms with Crippen molar-refractivity contribution >= 4 is 11.9 Å². The molecule has 0 aliphatic heterocycles. The molecule has 4 aliphatic carbocycles. The van der Waals surface area contributed by atoms with Crippen molar-refractivity contribution in [3.05, 3.63) is 11.6 Å². The van der Waals surface area contributed by atoms with Gasteiger partial charge < -0.3 is 9.47 Å². The van der Waals surface area contributed by atoms with Gasteiger partial charge in [-0.05, 0) is 103 Å². The minimum Gasteiger partial charge on any atom is -0.458 e. The zero-order valence-electron chi connectivity index (χ0n) is 23.4. The van der Waals surface area contributed by atoms with E-state index in [4.69, 9.17) is 9.47 Å². The van der Waals surface area contributed by atoms with E-state index in [1.807, 2.05) is 0 Å². The van der Waals surface area contributed by atoms with Gasteiger partial charge in [-0.1, -0.05) is 53.9 Å². The number of hydrogen-bond donors (Lipinski definition) is 0. The van der Waals surface area contributed by atoms with Crippen molar-refractivity contribution < 1.29 is 19.1 Å². The molecule has 0 saturated heterocycles. The molecule has 3 saturated carbocycles. The largest absolute Gasteiger partial charge is 0.458 e. The predicted molar refractivity (Wildman–Crippen MR) is 140 cm³/mol. The average Bonchev–Trinajstić information content (AvgIpc) is 3.11. The van der Waals surface area contributed by atoms with Crippen LogP contribution in [-0.4, -0.2) is 24.1 Å². The summed E-state index contributed by atoms with van der Waals surface area (Å²) in [4.78, 5) is 23.8. The van der Waals surface area contributed by atoms with E-state index in [1.54, 1.807) is 0 Å². The number of ether oxygens (including phenoxy) is 2. The van der Waals surface area contributed by atoms with Gasteiger partial charge in [0.15, 0.2) is 0 Å². The number of carbonyl (C=O) groups is 2. The maximum atomic E-state index is 12.2. The first-order valence-electron chi connectivity index (χ1n) is 14.5. The number of rotatable bonds is 7. The fourth-order valence-corrected chi connectivity index (χ4v) is 9.36. The molecule has 0 aromatic heterocycles. The summed E-state index contributed by atoms with van der Waals surface area (Å²) in [5, 5.41) is 0. The third-order valence-electron chi connectivity index (χ3n) is 10.9. The Labute approximate surface area is 214 Å². The van der Waals surface area contributed by atoms with Gasteiger partial charge >= 0.3 is 11.9 Å². The fourth-order valence-electron chi connectivity index (χ4n) is 9.36. The van der Waals surface area contributed by atoms with Crippen LogP contribution < -0.4 is 0 Å². The number of esters is 2. The van der Waals surface area contributed by atoms with Crippen LogP contribution in [0.3, 0.4) is 0 Å². The third kappa shape index (κ3) is 5.10. The van der Waals surface area contributed by atoms with Gasteiger partial charge in [0.05, 0.1) is 0 Å². The van der Waals surface area contributed by atoms with Gasteiger partial charge in [-0.3, -0.25) is 9.59 Å². The van der Waals surface area contributed by atoms with E-state index in [2.05, 4.69) is 40.7 Å². The molecule has 4 rings (SSSR count). The Hall–Kier alpha value is -1.32. The molecule has 0 heterocycles. The van der Waals surface area contributed by atoms with Gasteiger partial charge in [0, 0.05) is 13.8 Å². The Kier molecular flexibility index (Phi) is 7.80. The molecule has 0 spiro atoms. The number of carbonyl (C=O) groups excluding carboxylic acids is 2. The van der Waals surface area contributed by atoms with Crippen LogP contribution in [0.25, 0.3) is 0 Å². The van der Waals surface area contributed by atoms with Crippen molar-refractivity contribution in [3.63, 3.8) is 0 Å². The van der Waals surface area contributed by atoms with Crippen molar-refractivity contribution in [2.45, 2.75) is 125 Å². The first kappa shape index (κ1) is 26.7. The topological polar surface area (TPSA) is 52.6 Å². The second kappa shape index (κ2) is 10.2. The molecule has 4 nitrogen and oxygen atoms in total. The first-order chi connectivity index (χ1) is 16.5. The molecule has 35 heavy (non-hydrogen) atoms. The number of fused-ring (bicyclic) bond motifs is 5. The quantitative estimate of drug-likeness (QED) is 0.276. The highest BCUT2D eigenvalue weighted by atomic mass is 16.5. The molecule has 0 N–H and O–H groups in total. The second-order valence-corrected chi connectivity index (χ2v) is 13.5. The zero-order valence-corrected chi connectivity index (χ0v) is 23.4. The summed E-state index contributed by atoms with van der Waals surface area (Å²) in [7, 11) is 0. The summed E-state index contributed by atoms with van der Waals surface area (Å²) in [5.74, 6) is 3.93. The summed E-state index contributed by atoms with van der Waals surface area (Å²) >= 11 is 0. The number of hydrogen-bond acceptors (Lipinski definition) is 4. The summed E-state index contributed by atoms with van der Waals surface area (Å²) in [6.07, 6.45) is 13.9. The third-order valence-corrected chi connectivity index (χ3v) is 10.9. The molecular weight excluding hydrogens is 436 g/mol. The highest BCUT2D eigenvalue weighted by Gasteiger charge is 2.61. The monoisotopic (exact) mass is 486 g/mol. The molecule has 9 atom stereocenters. The highest BCUT2D eigenvalue weighted by Crippen LogP contribution is 2.68. The first-order valence-corrected chi connectivity index (χ1v) is 14.5. The van der Waals surface area contributed by atoms with E-state index in [0.29, 0.717) is 17.3 Å². The lowest BCUT2D eigenvalue weighted by Gasteiger charge is -2.60. The van der Waals surface area contributed by atoms with Crippen molar-refractivity contribution in [1.29, 1.82) is 0 Å². The van der Waals surface area contributed by atoms with Crippen molar-refractivity contribution in [2.75, 3.05) is 0 Å². The van der Waals surface area contributed by atoms with E-state index < -0.39 is 0 Å². The summed E-state index contributed by atoms with van der Waals surface area (Å²) < 4.78 is 11.6. The van der Waals surface area contributed by atoms with Gasteiger partial charge in [0.1, 0.15) is 12.2 Å². The summed E-state index contributed by atoms with van der Waals surface area (Å²) in [6, 6.07) is 0. The minimum absolute atomic E-state index is 0.0297. The van der Waals surface area contributed by atoms with E-state index >= 15 is 0 Å². The van der Waals surface area contributed by atoms with Gasteiger partial charge in [-0.25, -0.2) is 0 Å². The lowest BCUT2D eigenvalue weighted by atomic mass is 9.46. The Balaban J connectivity index is 1.58. The Morgan fingerprint density at radius 3 is 2.31 bits per heavy atom. The van der Waals surface area contributed by atoms with E-state index in [9.17, 15) is 9.59 Å². The molecule has 0 aromatic rings. The van der Waals surface area contributed by atoms with Crippen LogP contribution in [0.5, 0.6) is 0 Å². The lowest BCUT2D eigenvalue weighted by Crippen LogP contribution is -2.55. The van der Waals surface area contributed by atoms with Crippen molar-refractivity contribution in [1.82, 2.24) is 0 Å². The summed E-state index contributed by atoms with van der Waals surface area (Å²) in [5.41, 5.74) is 1.67. The molecule has 4 heteroatoms. The second-order valence-electron chi connectivity index (χ2n) is 13.5. The smallest absolute Gasteiger partial charge is 0.303 e. The SMILES string of the molecule is CC(=O)O[C@@H]1C=C2[C@H](OC(C)=O)C[C@H]3[C@H]4CC[C@H]([C@@H](C)CCCC(C)C)[C@@]4(C)CC[C@@H]3[C@@]2(C)CC1. The Morgan fingerprint density at radius 2 is 1.66 bits per heavy atom. The maximum Gasteiger partial charge on any atom is 0.303 e. The van der Waals surface area contributed by atoms with Crippen molar-refractivity contribution in [3.8, 4) is 0 Å². The summed E-state index contributed by atoms with van der Waals surface area (Å²) in [6.45, 7) is 15.2. The van der Waals surface area contributed by atoms with Crippen LogP contribution in [0.2, 0.25) is 0 Å². The minimum atomic E-state index is -0.235. The van der Waals surface area contributed by atoms with Gasteiger partial charge in [0.25, 0.3) is 0 Å². The molecule has 0 amide bonds. The maximum absolute atomic E-state index is 12.2. The molecule has 3 fully saturated rings. The fraction of sp³-hybridized carbons (Fsp3) is 0.871. The molecule has 4 aliphatic rings. The van der Waals surface area contributed by atoms with Crippen molar-refractivity contribution in [2.24, 2.45) is 46.3 Å². The van der Waals surface area contributed by atoms with Gasteiger partial charge in [0.2, 0.25) is 0 Å². The Bertz CT molecular complexity index is 830. The molecule has 0 unspecified atom stereocenters. The van der Waals surface area contributed by atoms with Crippen LogP contribution in [0, 0.1) is 46.3 Å². The van der Waals surface area contributed by atoms with E-state index in [0.717, 1.165) is 42.9 Å². The average molecular weight is 487 g/mol. The zero-order chi connectivity index (χ0) is 25.5. The molecular formula is C31H50O4. The van der Waals surface area contributed by atoms with Crippen LogP contribution in [0.4, 0.5) is 0 Å². The van der Waals surface area contributed by atoms with Crippen LogP contribution >= 0.6 is 0 Å². The highest BCUT2D eigenvalue weighted by molar-refractivity contribution is 5.67. The van der Waals surface area contributed by atoms with Crippen LogP contribution in [-0.2, 0) is 19.1 Å². The lowest BCUT2D eigenvalue weighted by molar-refractivity contribution is -0.155. The van der Waals surface area contributed by atoms with Gasteiger partial charge in [-0.2, -0.15) is 0 Å². The molecule has 0 bridgehead atoms. The normalized spacial score (nSPS) is 41.3. The standard InChI is InChI=1S/C31H50O4/c1-19(2)9-8-10-20(3)25-11-12-26-24-18-29(35-22(5)33)28-17-23(34-21(4)32)13-15-31(28,7)27(24)14-16-30(25,26)6/h17,19-20,23-27,29H,8-16,18H2,1-7H3/t20-,23-,24-,25+,26+,27-,29+,30+,31+/m0/s1. The van der Waals surface area contributed by atoms with Gasteiger partial charge in [-0.15, -0.1) is 0 Å². The molecule has 0 radical (unpaired) electrons. The molecule has 0 aromatic carbocycles. The molecule has 198 valence electrons. The van der Waals surface area contributed by atoms with Crippen LogP contribution in [0.15, 0.2) is 11.6 Å². The van der Waals surface area contributed by atoms with E-state index in [1.165, 1.54) is 64.4 Å². The van der Waals surface area contributed by atoms with Crippen LogP contribution in [0.1, 0.15) is 113 Å². The Morgan fingerprint density at radius 1 is 0.943 bits per heavy atom. The predicted octanol–water partition coefficient (Wildman–Crippen LogP) is 7.50. The van der Waals surface area contributed by atoms with E-state index in [-0.39, 0.29) is 29.6 Å².